The maximum absolute atomic E-state index is 12.7. The van der Waals surface area contributed by atoms with Gasteiger partial charge < -0.3 is 9.47 Å². The highest BCUT2D eigenvalue weighted by atomic mass is 79.9. The summed E-state index contributed by atoms with van der Waals surface area (Å²) in [7, 11) is 3.06. The van der Waals surface area contributed by atoms with Crippen LogP contribution in [-0.4, -0.2) is 45.4 Å². The first-order valence-electron chi connectivity index (χ1n) is 10.1. The molecule has 0 aliphatic heterocycles. The predicted molar refractivity (Wildman–Crippen MR) is 119 cm³/mol. The minimum absolute atomic E-state index is 0.247. The summed E-state index contributed by atoms with van der Waals surface area (Å²) in [4.78, 5) is 17.0. The molecule has 2 heterocycles. The highest BCUT2D eigenvalue weighted by Crippen LogP contribution is 2.32. The van der Waals surface area contributed by atoms with E-state index in [4.69, 9.17) is 9.47 Å². The molecule has 3 rings (SSSR count). The monoisotopic (exact) mass is 487 g/mol. The van der Waals surface area contributed by atoms with Gasteiger partial charge in [-0.3, -0.25) is 4.79 Å². The van der Waals surface area contributed by atoms with Gasteiger partial charge in [0.25, 0.3) is 0 Å². The fourth-order valence-corrected chi connectivity index (χ4v) is 3.87. The van der Waals surface area contributed by atoms with Crippen molar-refractivity contribution in [1.29, 1.82) is 0 Å². The molecule has 31 heavy (non-hydrogen) atoms. The molecule has 1 unspecified atom stereocenters. The number of aromatic nitrogens is 5. The highest BCUT2D eigenvalue weighted by Gasteiger charge is 2.34. The van der Waals surface area contributed by atoms with Crippen molar-refractivity contribution in [3.63, 3.8) is 0 Å². The molecule has 0 fully saturated rings. The minimum Gasteiger partial charge on any atom is -0.497 e. The Balaban J connectivity index is 1.95. The quantitative estimate of drug-likeness (QED) is 0.317. The number of hydrogen-bond acceptors (Lipinski definition) is 7. The summed E-state index contributed by atoms with van der Waals surface area (Å²) >= 11 is 3.37. The van der Waals surface area contributed by atoms with Crippen LogP contribution in [-0.2, 0) is 22.5 Å². The number of benzene rings is 1. The average Bonchev–Trinajstić information content (AvgIpc) is 3.25. The van der Waals surface area contributed by atoms with Crippen molar-refractivity contribution in [2.45, 2.75) is 38.6 Å². The lowest BCUT2D eigenvalue weighted by atomic mass is 9.83. The summed E-state index contributed by atoms with van der Waals surface area (Å²) in [6, 6.07) is 11.6. The van der Waals surface area contributed by atoms with Gasteiger partial charge in [0.15, 0.2) is 5.82 Å². The first-order chi connectivity index (χ1) is 15.0. The number of carbonyl (C=O) groups is 1. The molecule has 164 valence electrons. The Kier molecular flexibility index (Phi) is 8.11. The van der Waals surface area contributed by atoms with Crippen LogP contribution in [0, 0.1) is 5.92 Å². The summed E-state index contributed by atoms with van der Waals surface area (Å²) < 4.78 is 12.9. The Labute approximate surface area is 190 Å². The second-order valence-electron chi connectivity index (χ2n) is 7.26. The maximum Gasteiger partial charge on any atom is 0.309 e. The lowest BCUT2D eigenvalue weighted by Crippen LogP contribution is -2.28. The van der Waals surface area contributed by atoms with E-state index >= 15 is 0 Å². The van der Waals surface area contributed by atoms with Gasteiger partial charge >= 0.3 is 5.97 Å². The molecule has 0 amide bonds. The van der Waals surface area contributed by atoms with Crippen LogP contribution in [0.2, 0.25) is 0 Å². The van der Waals surface area contributed by atoms with Gasteiger partial charge in [0, 0.05) is 12.1 Å². The summed E-state index contributed by atoms with van der Waals surface area (Å²) in [6.45, 7) is 2.54. The number of nitrogens with zero attached hydrogens (tertiary/aromatic N) is 5. The molecule has 8 nitrogen and oxygen atoms in total. The van der Waals surface area contributed by atoms with Gasteiger partial charge in [0.1, 0.15) is 10.4 Å². The van der Waals surface area contributed by atoms with Crippen LogP contribution in [0.1, 0.15) is 42.6 Å². The Hall–Kier alpha value is -2.81. The molecule has 0 saturated carbocycles. The number of pyridine rings is 1. The van der Waals surface area contributed by atoms with Gasteiger partial charge in [-0.05, 0) is 68.5 Å². The van der Waals surface area contributed by atoms with Crippen molar-refractivity contribution in [3.05, 3.63) is 64.1 Å². The van der Waals surface area contributed by atoms with Crippen LogP contribution in [0.15, 0.2) is 47.2 Å². The number of carbonyl (C=O) groups excluding carboxylic acids is 1. The SMILES string of the molecule is CCCC(C(=O)OC)[C@H](Cc1ccc(Br)nc1)c1nnnn1Cc1ccc(OC)cc1. The molecule has 9 heteroatoms. The van der Waals surface area contributed by atoms with Crippen molar-refractivity contribution >= 4 is 21.9 Å². The number of methoxy groups -OCH3 is 2. The van der Waals surface area contributed by atoms with Crippen LogP contribution in [0.5, 0.6) is 5.75 Å². The van der Waals surface area contributed by atoms with Crippen LogP contribution >= 0.6 is 15.9 Å². The zero-order valence-corrected chi connectivity index (χ0v) is 19.4. The van der Waals surface area contributed by atoms with E-state index in [0.29, 0.717) is 25.2 Å². The standard InChI is InChI=1S/C22H26BrN5O3/c1-4-5-18(22(29)31-3)19(12-16-8-11-20(23)24-13-16)21-25-26-27-28(21)14-15-6-9-17(30-2)10-7-15/h6-11,13,18-19H,4-5,12,14H2,1-3H3/t18?,19-/m0/s1. The van der Waals surface area contributed by atoms with Gasteiger partial charge in [0.05, 0.1) is 26.7 Å². The Morgan fingerprint density at radius 1 is 1.13 bits per heavy atom. The smallest absolute Gasteiger partial charge is 0.309 e. The summed E-state index contributed by atoms with van der Waals surface area (Å²) in [5, 5.41) is 12.4. The van der Waals surface area contributed by atoms with Crippen molar-refractivity contribution in [2.24, 2.45) is 5.92 Å². The number of rotatable bonds is 10. The normalized spacial score (nSPS) is 12.9. The molecule has 3 aromatic rings. The topological polar surface area (TPSA) is 92.0 Å². The second kappa shape index (κ2) is 11.0. The first-order valence-corrected chi connectivity index (χ1v) is 10.9. The second-order valence-corrected chi connectivity index (χ2v) is 8.07. The lowest BCUT2D eigenvalue weighted by molar-refractivity contribution is -0.146. The molecule has 0 radical (unpaired) electrons. The Morgan fingerprint density at radius 3 is 2.48 bits per heavy atom. The third-order valence-electron chi connectivity index (χ3n) is 5.22. The van der Waals surface area contributed by atoms with E-state index in [1.807, 2.05) is 36.4 Å². The van der Waals surface area contributed by atoms with Crippen LogP contribution in [0.25, 0.3) is 0 Å². The molecule has 0 aliphatic rings. The average molecular weight is 488 g/mol. The number of halogens is 1. The third kappa shape index (κ3) is 5.88. The number of ether oxygens (including phenoxy) is 2. The molecule has 2 aromatic heterocycles. The van der Waals surface area contributed by atoms with E-state index in [2.05, 4.69) is 43.4 Å². The van der Waals surface area contributed by atoms with Crippen molar-refractivity contribution in [3.8, 4) is 5.75 Å². The number of tetrazole rings is 1. The van der Waals surface area contributed by atoms with E-state index in [9.17, 15) is 4.79 Å². The Bertz CT molecular complexity index is 976. The molecule has 0 aliphatic carbocycles. The van der Waals surface area contributed by atoms with Crippen molar-refractivity contribution in [2.75, 3.05) is 14.2 Å². The highest BCUT2D eigenvalue weighted by molar-refractivity contribution is 9.10. The van der Waals surface area contributed by atoms with E-state index in [0.717, 1.165) is 27.9 Å². The van der Waals surface area contributed by atoms with E-state index < -0.39 is 0 Å². The van der Waals surface area contributed by atoms with Crippen molar-refractivity contribution < 1.29 is 14.3 Å². The van der Waals surface area contributed by atoms with Gasteiger partial charge in [-0.1, -0.05) is 31.5 Å². The van der Waals surface area contributed by atoms with E-state index in [-0.39, 0.29) is 17.8 Å². The molecule has 1 aromatic carbocycles. The lowest BCUT2D eigenvalue weighted by Gasteiger charge is -2.24. The molecular formula is C22H26BrN5O3. The van der Waals surface area contributed by atoms with Gasteiger partial charge in [0.2, 0.25) is 0 Å². The summed E-state index contributed by atoms with van der Waals surface area (Å²) in [6.07, 6.45) is 3.89. The number of hydrogen-bond donors (Lipinski definition) is 0. The molecule has 0 saturated heterocycles. The minimum atomic E-state index is -0.362. The number of esters is 1. The zero-order valence-electron chi connectivity index (χ0n) is 17.9. The third-order valence-corrected chi connectivity index (χ3v) is 5.69. The fourth-order valence-electron chi connectivity index (χ4n) is 3.63. The molecule has 2 atom stereocenters. The van der Waals surface area contributed by atoms with Gasteiger partial charge in [-0.15, -0.1) is 5.10 Å². The molecule has 0 bridgehead atoms. The fraction of sp³-hybridized carbons (Fsp3) is 0.409. The van der Waals surface area contributed by atoms with Crippen LogP contribution in [0.4, 0.5) is 0 Å². The molecule has 0 spiro atoms. The molecular weight excluding hydrogens is 462 g/mol. The Morgan fingerprint density at radius 2 is 1.87 bits per heavy atom. The van der Waals surface area contributed by atoms with Crippen LogP contribution in [0.3, 0.4) is 0 Å². The van der Waals surface area contributed by atoms with Gasteiger partial charge in [-0.2, -0.15) is 0 Å². The predicted octanol–water partition coefficient (Wildman–Crippen LogP) is 3.80. The van der Waals surface area contributed by atoms with Crippen LogP contribution < -0.4 is 4.74 Å². The van der Waals surface area contributed by atoms with Gasteiger partial charge in [-0.25, -0.2) is 9.67 Å². The largest absolute Gasteiger partial charge is 0.497 e. The summed E-state index contributed by atoms with van der Waals surface area (Å²) in [5.41, 5.74) is 2.03. The van der Waals surface area contributed by atoms with Crippen molar-refractivity contribution in [1.82, 2.24) is 25.2 Å². The summed E-state index contributed by atoms with van der Waals surface area (Å²) in [5.74, 6) is 0.580. The first kappa shape index (κ1) is 22.9. The molecule has 0 N–H and O–H groups in total. The van der Waals surface area contributed by atoms with E-state index in [1.165, 1.54) is 7.11 Å². The maximum atomic E-state index is 12.7. The zero-order chi connectivity index (χ0) is 22.2. The van der Waals surface area contributed by atoms with E-state index in [1.54, 1.807) is 18.0 Å².